The zero-order chi connectivity index (χ0) is 11.5. The molecule has 5 heteroatoms. The van der Waals surface area contributed by atoms with Gasteiger partial charge in [0.25, 0.3) is 0 Å². The van der Waals surface area contributed by atoms with Gasteiger partial charge in [-0.1, -0.05) is 23.5 Å². The minimum atomic E-state index is 0.437. The lowest BCUT2D eigenvalue weighted by Gasteiger charge is -2.06. The smallest absolute Gasteiger partial charge is 0.210 e. The number of hydrogen-bond donors (Lipinski definition) is 2. The monoisotopic (exact) mass is 234 g/mol. The Morgan fingerprint density at radius 3 is 2.81 bits per heavy atom. The Kier molecular flexibility index (Phi) is 3.17. The maximum atomic E-state index is 5.49. The largest absolute Gasteiger partial charge is 0.330 e. The Hall–Kier alpha value is -1.46. The molecule has 1 aromatic heterocycles. The highest BCUT2D eigenvalue weighted by Crippen LogP contribution is 2.23. The van der Waals surface area contributed by atoms with Gasteiger partial charge in [0, 0.05) is 12.2 Å². The van der Waals surface area contributed by atoms with Crippen LogP contribution in [-0.2, 0) is 6.54 Å². The van der Waals surface area contributed by atoms with Gasteiger partial charge in [-0.25, -0.2) is 0 Å². The lowest BCUT2D eigenvalue weighted by atomic mass is 10.1. The average Bonchev–Trinajstić information content (AvgIpc) is 2.71. The van der Waals surface area contributed by atoms with E-state index in [1.807, 2.05) is 0 Å². The molecule has 0 unspecified atom stereocenters. The lowest BCUT2D eigenvalue weighted by Crippen LogP contribution is -1.94. The Bertz CT molecular complexity index is 492. The van der Waals surface area contributed by atoms with Crippen LogP contribution < -0.4 is 11.1 Å². The first-order valence-corrected chi connectivity index (χ1v) is 5.87. The molecular weight excluding hydrogens is 220 g/mol. The molecule has 0 spiro atoms. The van der Waals surface area contributed by atoms with Crippen molar-refractivity contribution in [3.05, 3.63) is 34.3 Å². The number of benzene rings is 1. The van der Waals surface area contributed by atoms with Gasteiger partial charge in [-0.15, -0.1) is 10.2 Å². The fourth-order valence-electron chi connectivity index (χ4n) is 1.37. The number of nitrogens with zero attached hydrogens (tertiary/aromatic N) is 2. The molecule has 1 aromatic carbocycles. The van der Waals surface area contributed by atoms with E-state index in [2.05, 4.69) is 47.6 Å². The van der Waals surface area contributed by atoms with Crippen LogP contribution in [-0.4, -0.2) is 10.2 Å². The summed E-state index contributed by atoms with van der Waals surface area (Å²) in [6, 6.07) is 6.27. The Morgan fingerprint density at radius 1 is 1.31 bits per heavy atom. The maximum absolute atomic E-state index is 5.49. The highest BCUT2D eigenvalue weighted by atomic mass is 32.1. The molecule has 2 aromatic rings. The van der Waals surface area contributed by atoms with Crippen LogP contribution in [0.5, 0.6) is 0 Å². The van der Waals surface area contributed by atoms with E-state index in [4.69, 9.17) is 5.73 Å². The number of nitrogens with two attached hydrogens (primary N) is 1. The van der Waals surface area contributed by atoms with Crippen LogP contribution in [0.2, 0.25) is 0 Å². The number of aryl methyl sites for hydroxylation is 2. The predicted molar refractivity (Wildman–Crippen MR) is 67.0 cm³/mol. The molecule has 0 radical (unpaired) electrons. The molecule has 0 aliphatic carbocycles. The quantitative estimate of drug-likeness (QED) is 0.855. The molecule has 0 atom stereocenters. The molecule has 0 aliphatic rings. The van der Waals surface area contributed by atoms with Crippen molar-refractivity contribution in [3.8, 4) is 0 Å². The van der Waals surface area contributed by atoms with Crippen molar-refractivity contribution in [1.82, 2.24) is 10.2 Å². The zero-order valence-corrected chi connectivity index (χ0v) is 10.1. The summed E-state index contributed by atoms with van der Waals surface area (Å²) in [5.74, 6) is 0. The highest BCUT2D eigenvalue weighted by Gasteiger charge is 2.04. The molecule has 0 saturated heterocycles. The normalized spacial score (nSPS) is 10.4. The number of nitrogens with one attached hydrogen (secondary N) is 1. The third-order valence-electron chi connectivity index (χ3n) is 2.28. The van der Waals surface area contributed by atoms with Crippen LogP contribution in [0.25, 0.3) is 0 Å². The Morgan fingerprint density at radius 2 is 2.12 bits per heavy atom. The van der Waals surface area contributed by atoms with Crippen molar-refractivity contribution in [3.63, 3.8) is 0 Å². The van der Waals surface area contributed by atoms with Gasteiger partial charge in [-0.2, -0.15) is 0 Å². The van der Waals surface area contributed by atoms with Gasteiger partial charge in [-0.05, 0) is 31.0 Å². The van der Waals surface area contributed by atoms with Crippen LogP contribution in [0, 0.1) is 13.8 Å². The summed E-state index contributed by atoms with van der Waals surface area (Å²) in [7, 11) is 0. The van der Waals surface area contributed by atoms with E-state index in [1.54, 1.807) is 0 Å². The van der Waals surface area contributed by atoms with E-state index < -0.39 is 0 Å². The molecule has 3 N–H and O–H groups in total. The second-order valence-corrected chi connectivity index (χ2v) is 4.71. The van der Waals surface area contributed by atoms with Gasteiger partial charge in [0.15, 0.2) is 0 Å². The summed E-state index contributed by atoms with van der Waals surface area (Å²) in [6.45, 7) is 4.56. The standard InChI is InChI=1S/C11H14N4S/c1-7-3-4-8(2)9(5-7)13-11-15-14-10(6-12)16-11/h3-5H,6,12H2,1-2H3,(H,13,15). The Balaban J connectivity index is 2.22. The molecule has 84 valence electrons. The van der Waals surface area contributed by atoms with Crippen LogP contribution in [0.15, 0.2) is 18.2 Å². The SMILES string of the molecule is Cc1ccc(C)c(Nc2nnc(CN)s2)c1. The molecule has 16 heavy (non-hydrogen) atoms. The third kappa shape index (κ3) is 2.37. The average molecular weight is 234 g/mol. The summed E-state index contributed by atoms with van der Waals surface area (Å²) >= 11 is 1.48. The van der Waals surface area contributed by atoms with Crippen LogP contribution >= 0.6 is 11.3 Å². The molecule has 0 saturated carbocycles. The van der Waals surface area contributed by atoms with Gasteiger partial charge in [0.05, 0.1) is 0 Å². The van der Waals surface area contributed by atoms with Crippen molar-refractivity contribution >= 4 is 22.2 Å². The van der Waals surface area contributed by atoms with Crippen molar-refractivity contribution in [1.29, 1.82) is 0 Å². The molecular formula is C11H14N4S. The van der Waals surface area contributed by atoms with Crippen molar-refractivity contribution < 1.29 is 0 Å². The van der Waals surface area contributed by atoms with Crippen LogP contribution in [0.4, 0.5) is 10.8 Å². The maximum Gasteiger partial charge on any atom is 0.210 e. The first-order chi connectivity index (χ1) is 7.69. The summed E-state index contributed by atoms with van der Waals surface area (Å²) < 4.78 is 0. The highest BCUT2D eigenvalue weighted by molar-refractivity contribution is 7.15. The van der Waals surface area contributed by atoms with E-state index in [0.717, 1.165) is 15.8 Å². The first-order valence-electron chi connectivity index (χ1n) is 5.06. The second kappa shape index (κ2) is 4.59. The van der Waals surface area contributed by atoms with Crippen molar-refractivity contribution in [2.24, 2.45) is 5.73 Å². The Labute approximate surface area is 98.5 Å². The fraction of sp³-hybridized carbons (Fsp3) is 0.273. The molecule has 0 fully saturated rings. The third-order valence-corrected chi connectivity index (χ3v) is 3.14. The van der Waals surface area contributed by atoms with Gasteiger partial charge >= 0.3 is 0 Å². The van der Waals surface area contributed by atoms with Crippen molar-refractivity contribution in [2.45, 2.75) is 20.4 Å². The number of hydrogen-bond acceptors (Lipinski definition) is 5. The van der Waals surface area contributed by atoms with E-state index in [-0.39, 0.29) is 0 Å². The summed E-state index contributed by atoms with van der Waals surface area (Å²) in [6.07, 6.45) is 0. The molecule has 0 amide bonds. The van der Waals surface area contributed by atoms with Gasteiger partial charge in [0.1, 0.15) is 5.01 Å². The van der Waals surface area contributed by atoms with E-state index in [9.17, 15) is 0 Å². The minimum absolute atomic E-state index is 0.437. The van der Waals surface area contributed by atoms with Gasteiger partial charge in [-0.3, -0.25) is 0 Å². The van der Waals surface area contributed by atoms with Gasteiger partial charge < -0.3 is 11.1 Å². The molecule has 0 bridgehead atoms. The molecule has 4 nitrogen and oxygen atoms in total. The van der Waals surface area contributed by atoms with Gasteiger partial charge in [0.2, 0.25) is 5.13 Å². The minimum Gasteiger partial charge on any atom is -0.330 e. The molecule has 0 aliphatic heterocycles. The van der Waals surface area contributed by atoms with E-state index in [0.29, 0.717) is 6.54 Å². The topological polar surface area (TPSA) is 63.8 Å². The predicted octanol–water partition coefficient (Wildman–Crippen LogP) is 2.36. The molecule has 2 rings (SSSR count). The van der Waals surface area contributed by atoms with E-state index >= 15 is 0 Å². The second-order valence-electron chi connectivity index (χ2n) is 3.65. The zero-order valence-electron chi connectivity index (χ0n) is 9.32. The van der Waals surface area contributed by atoms with Crippen LogP contribution in [0.1, 0.15) is 16.1 Å². The summed E-state index contributed by atoms with van der Waals surface area (Å²) in [5, 5.41) is 12.9. The fourth-order valence-corrected chi connectivity index (χ4v) is 2.00. The lowest BCUT2D eigenvalue weighted by molar-refractivity contribution is 0.960. The van der Waals surface area contributed by atoms with Crippen LogP contribution in [0.3, 0.4) is 0 Å². The number of rotatable bonds is 3. The number of aromatic nitrogens is 2. The number of anilines is 2. The first kappa shape index (κ1) is 11.0. The molecule has 1 heterocycles. The van der Waals surface area contributed by atoms with E-state index in [1.165, 1.54) is 22.5 Å². The van der Waals surface area contributed by atoms with Crippen molar-refractivity contribution in [2.75, 3.05) is 5.32 Å². The summed E-state index contributed by atoms with van der Waals surface area (Å²) in [4.78, 5) is 0. The summed E-state index contributed by atoms with van der Waals surface area (Å²) in [5.41, 5.74) is 8.97.